The van der Waals surface area contributed by atoms with E-state index < -0.39 is 11.6 Å². The molecule has 0 saturated carbocycles. The zero-order valence-corrected chi connectivity index (χ0v) is 21.9. The summed E-state index contributed by atoms with van der Waals surface area (Å²) in [6.45, 7) is 16.0. The lowest BCUT2D eigenvalue weighted by molar-refractivity contribution is 0.125. The van der Waals surface area contributed by atoms with Gasteiger partial charge in [0.05, 0.1) is 0 Å². The monoisotopic (exact) mass is 564 g/mol. The average molecular weight is 565 g/mol. The van der Waals surface area contributed by atoms with Gasteiger partial charge in [-0.15, -0.1) is 24.0 Å². The summed E-state index contributed by atoms with van der Waals surface area (Å²) in [5.41, 5.74) is 0.0746. The molecular weight excluding hydrogens is 525 g/mol. The van der Waals surface area contributed by atoms with E-state index in [0.29, 0.717) is 19.0 Å². The van der Waals surface area contributed by atoms with Crippen molar-refractivity contribution in [3.05, 3.63) is 29.8 Å². The highest BCUT2D eigenvalue weighted by molar-refractivity contribution is 14.0. The van der Waals surface area contributed by atoms with Crippen LogP contribution in [-0.4, -0.2) is 87.2 Å². The van der Waals surface area contributed by atoms with Crippen LogP contribution in [0.2, 0.25) is 0 Å². The van der Waals surface area contributed by atoms with Gasteiger partial charge in [0.2, 0.25) is 0 Å². The third kappa shape index (κ3) is 7.69. The van der Waals surface area contributed by atoms with Crippen molar-refractivity contribution in [1.82, 2.24) is 20.4 Å². The summed E-state index contributed by atoms with van der Waals surface area (Å²) in [7, 11) is 0. The quantitative estimate of drug-likeness (QED) is 0.289. The standard InChI is InChI=1S/C23H38F2N6.HI/c1-4-26-23(27-15-18(3)16-30-13-11-29(5-2)12-14-30)28-19-9-10-31(17-19)22-20(24)7-6-8-21(22)25;/h6-8,18-19H,4-5,9-17H2,1-3H3,(H2,26,27,28);1H. The molecule has 2 N–H and O–H groups in total. The molecule has 2 unspecified atom stereocenters. The first kappa shape index (κ1) is 27.0. The van der Waals surface area contributed by atoms with E-state index in [4.69, 9.17) is 4.99 Å². The lowest BCUT2D eigenvalue weighted by Crippen LogP contribution is -2.47. The minimum Gasteiger partial charge on any atom is -0.365 e. The molecule has 2 aliphatic heterocycles. The molecule has 2 atom stereocenters. The molecule has 0 spiro atoms. The molecule has 0 amide bonds. The topological polar surface area (TPSA) is 46.1 Å². The predicted octanol–water partition coefficient (Wildman–Crippen LogP) is 2.99. The van der Waals surface area contributed by atoms with E-state index in [1.807, 2.05) is 6.92 Å². The third-order valence-corrected chi connectivity index (χ3v) is 6.17. The number of anilines is 1. The Morgan fingerprint density at radius 1 is 1.09 bits per heavy atom. The first-order valence-corrected chi connectivity index (χ1v) is 11.7. The fourth-order valence-electron chi connectivity index (χ4n) is 4.42. The zero-order chi connectivity index (χ0) is 22.2. The molecule has 0 aliphatic carbocycles. The van der Waals surface area contributed by atoms with Crippen LogP contribution in [0, 0.1) is 17.6 Å². The second-order valence-corrected chi connectivity index (χ2v) is 8.71. The van der Waals surface area contributed by atoms with Gasteiger partial charge in [0.15, 0.2) is 5.96 Å². The molecule has 32 heavy (non-hydrogen) atoms. The van der Waals surface area contributed by atoms with Crippen molar-refractivity contribution in [2.24, 2.45) is 10.9 Å². The van der Waals surface area contributed by atoms with Crippen LogP contribution in [0.15, 0.2) is 23.2 Å². The Labute approximate surface area is 208 Å². The lowest BCUT2D eigenvalue weighted by Gasteiger charge is -2.35. The van der Waals surface area contributed by atoms with Crippen molar-refractivity contribution in [2.75, 3.05) is 70.3 Å². The third-order valence-electron chi connectivity index (χ3n) is 6.17. The maximum atomic E-state index is 14.1. The van der Waals surface area contributed by atoms with Gasteiger partial charge in [-0.05, 0) is 37.9 Å². The van der Waals surface area contributed by atoms with Crippen LogP contribution in [0.1, 0.15) is 27.2 Å². The van der Waals surface area contributed by atoms with E-state index in [2.05, 4.69) is 34.3 Å². The second kappa shape index (κ2) is 13.5. The number of likely N-dealkylation sites (N-methyl/N-ethyl adjacent to an activating group) is 1. The summed E-state index contributed by atoms with van der Waals surface area (Å²) < 4.78 is 28.2. The molecule has 2 heterocycles. The van der Waals surface area contributed by atoms with Crippen molar-refractivity contribution >= 4 is 35.6 Å². The number of rotatable bonds is 8. The second-order valence-electron chi connectivity index (χ2n) is 8.71. The zero-order valence-electron chi connectivity index (χ0n) is 19.6. The molecule has 1 aromatic rings. The van der Waals surface area contributed by atoms with E-state index in [1.54, 1.807) is 4.90 Å². The van der Waals surface area contributed by atoms with Gasteiger partial charge in [0, 0.05) is 64.9 Å². The van der Waals surface area contributed by atoms with Gasteiger partial charge < -0.3 is 25.3 Å². The van der Waals surface area contributed by atoms with E-state index in [0.717, 1.165) is 64.7 Å². The highest BCUT2D eigenvalue weighted by Crippen LogP contribution is 2.26. The first-order chi connectivity index (χ1) is 15.0. The van der Waals surface area contributed by atoms with E-state index in [-0.39, 0.29) is 35.7 Å². The van der Waals surface area contributed by atoms with Crippen LogP contribution in [0.25, 0.3) is 0 Å². The van der Waals surface area contributed by atoms with Gasteiger partial charge in [-0.2, -0.15) is 0 Å². The molecule has 2 aliphatic rings. The van der Waals surface area contributed by atoms with E-state index >= 15 is 0 Å². The Morgan fingerprint density at radius 3 is 2.38 bits per heavy atom. The molecule has 6 nitrogen and oxygen atoms in total. The van der Waals surface area contributed by atoms with Crippen molar-refractivity contribution in [3.63, 3.8) is 0 Å². The average Bonchev–Trinajstić information content (AvgIpc) is 3.20. The highest BCUT2D eigenvalue weighted by Gasteiger charge is 2.27. The van der Waals surface area contributed by atoms with Crippen LogP contribution in [0.4, 0.5) is 14.5 Å². The maximum absolute atomic E-state index is 14.1. The number of guanidine groups is 1. The minimum absolute atomic E-state index is 0. The number of benzene rings is 1. The molecule has 2 fully saturated rings. The van der Waals surface area contributed by atoms with Gasteiger partial charge >= 0.3 is 0 Å². The van der Waals surface area contributed by atoms with Gasteiger partial charge in [-0.1, -0.05) is 19.9 Å². The fraction of sp³-hybridized carbons (Fsp3) is 0.696. The molecule has 1 aromatic carbocycles. The SMILES string of the molecule is CCNC(=NCC(C)CN1CCN(CC)CC1)NC1CCN(c2c(F)cccc2F)C1.I. The van der Waals surface area contributed by atoms with Crippen LogP contribution < -0.4 is 15.5 Å². The molecule has 0 bridgehead atoms. The van der Waals surface area contributed by atoms with Crippen molar-refractivity contribution in [2.45, 2.75) is 33.2 Å². The van der Waals surface area contributed by atoms with Crippen LogP contribution in [0.3, 0.4) is 0 Å². The molecule has 3 rings (SSSR count). The van der Waals surface area contributed by atoms with Gasteiger partial charge in [-0.25, -0.2) is 8.78 Å². The van der Waals surface area contributed by atoms with Crippen LogP contribution in [-0.2, 0) is 0 Å². The van der Waals surface area contributed by atoms with Gasteiger partial charge in [0.1, 0.15) is 17.3 Å². The number of para-hydroxylation sites is 1. The van der Waals surface area contributed by atoms with Crippen molar-refractivity contribution < 1.29 is 8.78 Å². The Hall–Kier alpha value is -1.20. The molecule has 182 valence electrons. The smallest absolute Gasteiger partial charge is 0.191 e. The molecular formula is C23H39F2IN6. The molecule has 0 aromatic heterocycles. The Balaban J connectivity index is 0.00000363. The normalized spacial score (nSPS) is 21.3. The number of piperazine rings is 1. The summed E-state index contributed by atoms with van der Waals surface area (Å²) in [5, 5.41) is 6.77. The summed E-state index contributed by atoms with van der Waals surface area (Å²) in [4.78, 5) is 11.6. The summed E-state index contributed by atoms with van der Waals surface area (Å²) in [6, 6.07) is 4.14. The fourth-order valence-corrected chi connectivity index (χ4v) is 4.42. The maximum Gasteiger partial charge on any atom is 0.191 e. The Morgan fingerprint density at radius 2 is 1.75 bits per heavy atom. The van der Waals surface area contributed by atoms with Crippen molar-refractivity contribution in [1.29, 1.82) is 0 Å². The highest BCUT2D eigenvalue weighted by atomic mass is 127. The summed E-state index contributed by atoms with van der Waals surface area (Å²) >= 11 is 0. The number of aliphatic imine (C=N–C) groups is 1. The lowest BCUT2D eigenvalue weighted by atomic mass is 10.1. The number of hydrogen-bond acceptors (Lipinski definition) is 4. The van der Waals surface area contributed by atoms with E-state index in [9.17, 15) is 8.78 Å². The Bertz CT molecular complexity index is 706. The molecule has 9 heteroatoms. The number of nitrogens with zero attached hydrogens (tertiary/aromatic N) is 4. The Kier molecular flexibility index (Phi) is 11.4. The molecule has 0 radical (unpaired) electrons. The predicted molar refractivity (Wildman–Crippen MR) is 139 cm³/mol. The summed E-state index contributed by atoms with van der Waals surface area (Å²) in [6.07, 6.45) is 0.815. The van der Waals surface area contributed by atoms with Crippen LogP contribution in [0.5, 0.6) is 0 Å². The first-order valence-electron chi connectivity index (χ1n) is 11.7. The molecule has 2 saturated heterocycles. The van der Waals surface area contributed by atoms with E-state index in [1.165, 1.54) is 18.2 Å². The minimum atomic E-state index is -0.505. The number of hydrogen-bond donors (Lipinski definition) is 2. The summed E-state index contributed by atoms with van der Waals surface area (Å²) in [5.74, 6) is 0.242. The van der Waals surface area contributed by atoms with Crippen LogP contribution >= 0.6 is 24.0 Å². The largest absolute Gasteiger partial charge is 0.365 e. The van der Waals surface area contributed by atoms with Gasteiger partial charge in [0.25, 0.3) is 0 Å². The van der Waals surface area contributed by atoms with Gasteiger partial charge in [-0.3, -0.25) is 4.99 Å². The number of nitrogens with one attached hydrogen (secondary N) is 2. The van der Waals surface area contributed by atoms with Crippen molar-refractivity contribution in [3.8, 4) is 0 Å². The number of halogens is 3.